The number of carbonyl (C=O) groups excluding carboxylic acids is 1. The van der Waals surface area contributed by atoms with Gasteiger partial charge in [0.1, 0.15) is 6.29 Å². The normalized spacial score (nSPS) is 50.3. The second-order valence-corrected chi connectivity index (χ2v) is 12.2. The Morgan fingerprint density at radius 3 is 2.48 bits per heavy atom. The van der Waals surface area contributed by atoms with Crippen LogP contribution in [0.5, 0.6) is 0 Å². The Morgan fingerprint density at radius 2 is 1.76 bits per heavy atom. The summed E-state index contributed by atoms with van der Waals surface area (Å²) in [6, 6.07) is 0. The molecule has 4 aliphatic carbocycles. The van der Waals surface area contributed by atoms with Gasteiger partial charge in [-0.1, -0.05) is 34.1 Å². The van der Waals surface area contributed by atoms with Gasteiger partial charge in [-0.25, -0.2) is 0 Å². The van der Waals surface area contributed by atoms with E-state index in [9.17, 15) is 9.90 Å². The molecule has 29 heavy (non-hydrogen) atoms. The molecule has 4 fully saturated rings. The van der Waals surface area contributed by atoms with Crippen LogP contribution in [0.3, 0.4) is 0 Å². The molecule has 166 valence electrons. The fraction of sp³-hybridized carbons (Fsp3) is 0.963. The molecule has 1 N–H and O–H groups in total. The molecule has 0 radical (unpaired) electrons. The van der Waals surface area contributed by atoms with Gasteiger partial charge in [0.15, 0.2) is 0 Å². The van der Waals surface area contributed by atoms with Gasteiger partial charge in [0, 0.05) is 6.42 Å². The van der Waals surface area contributed by atoms with E-state index in [1.807, 2.05) is 0 Å². The van der Waals surface area contributed by atoms with Crippen molar-refractivity contribution in [2.45, 2.75) is 117 Å². The highest BCUT2D eigenvalue weighted by atomic mass is 16.3. The number of hydrogen-bond acceptors (Lipinski definition) is 2. The summed E-state index contributed by atoms with van der Waals surface area (Å²) in [5, 5.41) is 11.0. The van der Waals surface area contributed by atoms with E-state index < -0.39 is 0 Å². The standard InChI is InChI=1S/C27H46O2/c1-5-27(29)16-15-25(3)20(18-27)9-10-21-23-12-11-22(19(2)8-6-7-17-28)26(23,4)14-13-24(21)25/h17,19-24,29H,5-16,18H2,1-4H3/t19-,20+,21+,22-,23+,24+,25+,26-,27+/m1/s1. The first-order valence-corrected chi connectivity index (χ1v) is 12.9. The number of rotatable bonds is 6. The third kappa shape index (κ3) is 3.54. The van der Waals surface area contributed by atoms with Gasteiger partial charge in [0.05, 0.1) is 5.60 Å². The SMILES string of the molecule is CC[C@]1(O)CC[C@@]2(C)[C@@H](CC[C@@H]3[C@@H]2CC[C@]2(C)[C@@H]([C@H](C)CCCC=O)CC[C@@H]32)C1. The first-order chi connectivity index (χ1) is 13.8. The Bertz CT molecular complexity index is 601. The van der Waals surface area contributed by atoms with Gasteiger partial charge >= 0.3 is 0 Å². The van der Waals surface area contributed by atoms with Crippen LogP contribution >= 0.6 is 0 Å². The van der Waals surface area contributed by atoms with Crippen molar-refractivity contribution in [3.05, 3.63) is 0 Å². The van der Waals surface area contributed by atoms with E-state index in [4.69, 9.17) is 0 Å². The Labute approximate surface area is 179 Å². The summed E-state index contributed by atoms with van der Waals surface area (Å²) in [5.74, 6) is 5.11. The Morgan fingerprint density at radius 1 is 1.00 bits per heavy atom. The predicted molar refractivity (Wildman–Crippen MR) is 120 cm³/mol. The molecule has 0 aromatic carbocycles. The van der Waals surface area contributed by atoms with Gasteiger partial charge in [-0.2, -0.15) is 0 Å². The van der Waals surface area contributed by atoms with Gasteiger partial charge in [0.2, 0.25) is 0 Å². The number of aldehydes is 1. The van der Waals surface area contributed by atoms with E-state index in [-0.39, 0.29) is 5.60 Å². The Balaban J connectivity index is 1.49. The van der Waals surface area contributed by atoms with Crippen LogP contribution in [0.2, 0.25) is 0 Å². The zero-order valence-electron chi connectivity index (χ0n) is 19.6. The molecule has 4 aliphatic rings. The van der Waals surface area contributed by atoms with Crippen LogP contribution in [0, 0.1) is 46.3 Å². The van der Waals surface area contributed by atoms with Crippen molar-refractivity contribution in [3.8, 4) is 0 Å². The third-order valence-electron chi connectivity index (χ3n) is 11.2. The molecule has 0 unspecified atom stereocenters. The maximum atomic E-state index is 11.0. The lowest BCUT2D eigenvalue weighted by Crippen LogP contribution is -2.56. The molecule has 0 saturated heterocycles. The van der Waals surface area contributed by atoms with Crippen molar-refractivity contribution in [2.75, 3.05) is 0 Å². The second-order valence-electron chi connectivity index (χ2n) is 12.2. The molecule has 0 aromatic rings. The summed E-state index contributed by atoms with van der Waals surface area (Å²) in [6.07, 6.45) is 16.9. The summed E-state index contributed by atoms with van der Waals surface area (Å²) in [5.41, 5.74) is 0.624. The van der Waals surface area contributed by atoms with Crippen LogP contribution < -0.4 is 0 Å². The monoisotopic (exact) mass is 402 g/mol. The maximum Gasteiger partial charge on any atom is 0.119 e. The highest BCUT2D eigenvalue weighted by Gasteiger charge is 2.61. The maximum absolute atomic E-state index is 11.0. The summed E-state index contributed by atoms with van der Waals surface area (Å²) < 4.78 is 0. The molecule has 9 atom stereocenters. The molecule has 0 heterocycles. The first-order valence-electron chi connectivity index (χ1n) is 12.9. The van der Waals surface area contributed by atoms with E-state index in [1.54, 1.807) is 0 Å². The summed E-state index contributed by atoms with van der Waals surface area (Å²) in [6.45, 7) is 9.91. The largest absolute Gasteiger partial charge is 0.390 e. The van der Waals surface area contributed by atoms with E-state index in [1.165, 1.54) is 51.4 Å². The van der Waals surface area contributed by atoms with Crippen molar-refractivity contribution in [2.24, 2.45) is 46.3 Å². The van der Waals surface area contributed by atoms with Crippen molar-refractivity contribution < 1.29 is 9.90 Å². The lowest BCUT2D eigenvalue weighted by Gasteiger charge is -2.62. The lowest BCUT2D eigenvalue weighted by atomic mass is 9.43. The highest BCUT2D eigenvalue weighted by molar-refractivity contribution is 5.48. The van der Waals surface area contributed by atoms with Crippen molar-refractivity contribution in [1.29, 1.82) is 0 Å². The van der Waals surface area contributed by atoms with E-state index in [0.29, 0.717) is 10.8 Å². The van der Waals surface area contributed by atoms with E-state index >= 15 is 0 Å². The zero-order valence-corrected chi connectivity index (χ0v) is 19.6. The van der Waals surface area contributed by atoms with Gasteiger partial charge in [-0.3, -0.25) is 0 Å². The number of aliphatic hydroxyl groups is 1. The van der Waals surface area contributed by atoms with Crippen molar-refractivity contribution >= 4 is 6.29 Å². The van der Waals surface area contributed by atoms with Gasteiger partial charge < -0.3 is 9.90 Å². The summed E-state index contributed by atoms with van der Waals surface area (Å²) >= 11 is 0. The molecular weight excluding hydrogens is 356 g/mol. The van der Waals surface area contributed by atoms with Crippen LogP contribution in [0.25, 0.3) is 0 Å². The second kappa shape index (κ2) is 7.95. The summed E-state index contributed by atoms with van der Waals surface area (Å²) in [7, 11) is 0. The average Bonchev–Trinajstić information content (AvgIpc) is 3.06. The minimum atomic E-state index is -0.379. The molecule has 2 heteroatoms. The van der Waals surface area contributed by atoms with Crippen molar-refractivity contribution in [1.82, 2.24) is 0 Å². The van der Waals surface area contributed by atoms with Gasteiger partial charge in [0.25, 0.3) is 0 Å². The molecule has 4 rings (SSSR count). The molecule has 4 saturated carbocycles. The average molecular weight is 403 g/mol. The Hall–Kier alpha value is -0.370. The minimum absolute atomic E-state index is 0.379. The molecule has 0 bridgehead atoms. The van der Waals surface area contributed by atoms with Crippen LogP contribution in [0.4, 0.5) is 0 Å². The molecule has 0 amide bonds. The fourth-order valence-corrected chi connectivity index (χ4v) is 9.34. The Kier molecular flexibility index (Phi) is 5.99. The van der Waals surface area contributed by atoms with Crippen LogP contribution in [0.1, 0.15) is 111 Å². The summed E-state index contributed by atoms with van der Waals surface area (Å²) in [4.78, 5) is 10.7. The van der Waals surface area contributed by atoms with E-state index in [0.717, 1.165) is 73.9 Å². The molecule has 0 aromatic heterocycles. The molecule has 2 nitrogen and oxygen atoms in total. The van der Waals surface area contributed by atoms with Gasteiger partial charge in [-0.15, -0.1) is 0 Å². The number of fused-ring (bicyclic) bond motifs is 5. The topological polar surface area (TPSA) is 37.3 Å². The fourth-order valence-electron chi connectivity index (χ4n) is 9.34. The number of carbonyl (C=O) groups is 1. The van der Waals surface area contributed by atoms with Crippen LogP contribution in [-0.2, 0) is 4.79 Å². The van der Waals surface area contributed by atoms with Crippen LogP contribution in [-0.4, -0.2) is 17.0 Å². The zero-order chi connectivity index (χ0) is 20.9. The molecular formula is C27H46O2. The smallest absolute Gasteiger partial charge is 0.119 e. The lowest BCUT2D eigenvalue weighted by molar-refractivity contribution is -0.152. The quantitative estimate of drug-likeness (QED) is 0.392. The highest BCUT2D eigenvalue weighted by Crippen LogP contribution is 2.69. The number of hydrogen-bond donors (Lipinski definition) is 1. The van der Waals surface area contributed by atoms with E-state index in [2.05, 4.69) is 27.7 Å². The third-order valence-corrected chi connectivity index (χ3v) is 11.2. The number of unbranched alkanes of at least 4 members (excludes halogenated alkanes) is 1. The molecule has 0 aliphatic heterocycles. The minimum Gasteiger partial charge on any atom is -0.390 e. The van der Waals surface area contributed by atoms with Crippen LogP contribution in [0.15, 0.2) is 0 Å². The van der Waals surface area contributed by atoms with Gasteiger partial charge in [-0.05, 0) is 117 Å². The predicted octanol–water partition coefficient (Wildman–Crippen LogP) is 6.79. The molecule has 0 spiro atoms. The van der Waals surface area contributed by atoms with Crippen molar-refractivity contribution in [3.63, 3.8) is 0 Å². The first kappa shape index (κ1) is 21.8.